The van der Waals surface area contributed by atoms with Crippen molar-refractivity contribution in [3.63, 3.8) is 0 Å². The third-order valence-electron chi connectivity index (χ3n) is 4.50. The molecular formula is C22H15F3N6O2. The van der Waals surface area contributed by atoms with E-state index in [2.05, 4.69) is 25.7 Å². The average molecular weight is 452 g/mol. The van der Waals surface area contributed by atoms with Crippen LogP contribution in [0.2, 0.25) is 0 Å². The maximum atomic E-state index is 12.9. The number of pyridine rings is 1. The number of aromatic nitrogens is 4. The molecule has 0 saturated carbocycles. The van der Waals surface area contributed by atoms with Gasteiger partial charge in [0.25, 0.3) is 11.8 Å². The molecule has 2 N–H and O–H groups in total. The fourth-order valence-corrected chi connectivity index (χ4v) is 2.99. The van der Waals surface area contributed by atoms with Crippen LogP contribution in [-0.4, -0.2) is 31.6 Å². The normalized spacial score (nSPS) is 11.1. The number of nitrogens with zero attached hydrogens (tertiary/aromatic N) is 4. The lowest BCUT2D eigenvalue weighted by Crippen LogP contribution is -2.17. The van der Waals surface area contributed by atoms with Gasteiger partial charge in [-0.15, -0.1) is 0 Å². The molecule has 33 heavy (non-hydrogen) atoms. The highest BCUT2D eigenvalue weighted by atomic mass is 19.4. The summed E-state index contributed by atoms with van der Waals surface area (Å²) >= 11 is 0. The summed E-state index contributed by atoms with van der Waals surface area (Å²) in [6.45, 7) is 0. The number of amides is 2. The summed E-state index contributed by atoms with van der Waals surface area (Å²) in [6.07, 6.45) is -0.310. The van der Waals surface area contributed by atoms with E-state index >= 15 is 0 Å². The highest BCUT2D eigenvalue weighted by molar-refractivity contribution is 6.08. The SMILES string of the molecule is O=C(Nc1cccc(C(F)(F)F)c1)c1cccc(NC(=O)c2cccnc2-n2cncn2)c1. The summed E-state index contributed by atoms with van der Waals surface area (Å²) in [5.74, 6) is -0.856. The summed E-state index contributed by atoms with van der Waals surface area (Å²) in [4.78, 5) is 33.4. The van der Waals surface area contributed by atoms with Crippen molar-refractivity contribution in [1.29, 1.82) is 0 Å². The van der Waals surface area contributed by atoms with E-state index in [1.54, 1.807) is 18.2 Å². The van der Waals surface area contributed by atoms with Crippen LogP contribution in [-0.2, 0) is 6.18 Å². The molecule has 0 radical (unpaired) electrons. The number of rotatable bonds is 5. The second kappa shape index (κ2) is 8.91. The van der Waals surface area contributed by atoms with Crippen LogP contribution in [0.3, 0.4) is 0 Å². The second-order valence-corrected chi connectivity index (χ2v) is 6.78. The maximum absolute atomic E-state index is 12.9. The molecule has 0 bridgehead atoms. The van der Waals surface area contributed by atoms with E-state index in [9.17, 15) is 22.8 Å². The van der Waals surface area contributed by atoms with Crippen LogP contribution >= 0.6 is 0 Å². The summed E-state index contributed by atoms with van der Waals surface area (Å²) in [7, 11) is 0. The molecule has 0 saturated heterocycles. The van der Waals surface area contributed by atoms with Gasteiger partial charge in [0.2, 0.25) is 0 Å². The minimum atomic E-state index is -4.53. The molecular weight excluding hydrogens is 437 g/mol. The molecule has 2 amide bonds. The smallest absolute Gasteiger partial charge is 0.322 e. The van der Waals surface area contributed by atoms with Gasteiger partial charge in [0.05, 0.1) is 11.1 Å². The van der Waals surface area contributed by atoms with Gasteiger partial charge in [0.1, 0.15) is 12.7 Å². The van der Waals surface area contributed by atoms with Crippen LogP contribution in [0.4, 0.5) is 24.5 Å². The summed E-state index contributed by atoms with van der Waals surface area (Å²) in [6, 6.07) is 13.5. The Morgan fingerprint density at radius 3 is 2.33 bits per heavy atom. The summed E-state index contributed by atoms with van der Waals surface area (Å²) in [5, 5.41) is 9.08. The van der Waals surface area contributed by atoms with Crippen molar-refractivity contribution in [2.24, 2.45) is 0 Å². The summed E-state index contributed by atoms with van der Waals surface area (Å²) in [5.41, 5.74) is -0.196. The van der Waals surface area contributed by atoms with Crippen LogP contribution in [0.15, 0.2) is 79.5 Å². The van der Waals surface area contributed by atoms with Crippen molar-refractivity contribution in [1.82, 2.24) is 19.7 Å². The number of anilines is 2. The fraction of sp³-hybridized carbons (Fsp3) is 0.0455. The Hall–Kier alpha value is -4.54. The fourth-order valence-electron chi connectivity index (χ4n) is 2.99. The lowest BCUT2D eigenvalue weighted by atomic mass is 10.1. The van der Waals surface area contributed by atoms with Crippen molar-refractivity contribution in [3.8, 4) is 5.82 Å². The van der Waals surface area contributed by atoms with E-state index in [1.165, 1.54) is 53.9 Å². The van der Waals surface area contributed by atoms with Gasteiger partial charge in [-0.25, -0.2) is 14.6 Å². The van der Waals surface area contributed by atoms with Gasteiger partial charge in [-0.3, -0.25) is 9.59 Å². The number of nitrogens with one attached hydrogen (secondary N) is 2. The van der Waals surface area contributed by atoms with Gasteiger partial charge in [0, 0.05) is 23.1 Å². The molecule has 11 heteroatoms. The molecule has 2 aromatic heterocycles. The van der Waals surface area contributed by atoms with E-state index in [-0.39, 0.29) is 22.6 Å². The van der Waals surface area contributed by atoms with E-state index in [1.807, 2.05) is 0 Å². The van der Waals surface area contributed by atoms with Crippen LogP contribution in [0.1, 0.15) is 26.3 Å². The first-order valence-electron chi connectivity index (χ1n) is 9.51. The minimum absolute atomic E-state index is 0.00269. The largest absolute Gasteiger partial charge is 0.416 e. The number of benzene rings is 2. The second-order valence-electron chi connectivity index (χ2n) is 6.78. The minimum Gasteiger partial charge on any atom is -0.322 e. The zero-order valence-electron chi connectivity index (χ0n) is 16.7. The Balaban J connectivity index is 1.51. The predicted molar refractivity (Wildman–Crippen MR) is 113 cm³/mol. The van der Waals surface area contributed by atoms with Crippen LogP contribution in [0.5, 0.6) is 0 Å². The first kappa shape index (κ1) is 21.7. The first-order valence-corrected chi connectivity index (χ1v) is 9.51. The number of halogens is 3. The van der Waals surface area contributed by atoms with Crippen molar-refractivity contribution < 1.29 is 22.8 Å². The van der Waals surface area contributed by atoms with Crippen molar-refractivity contribution in [2.75, 3.05) is 10.6 Å². The van der Waals surface area contributed by atoms with Gasteiger partial charge < -0.3 is 10.6 Å². The Labute approximate surface area is 185 Å². The molecule has 0 fully saturated rings. The molecule has 8 nitrogen and oxygen atoms in total. The molecule has 166 valence electrons. The number of alkyl halides is 3. The first-order chi connectivity index (χ1) is 15.8. The third-order valence-corrected chi connectivity index (χ3v) is 4.50. The molecule has 2 heterocycles. The van der Waals surface area contributed by atoms with Crippen molar-refractivity contribution in [2.45, 2.75) is 6.18 Å². The van der Waals surface area contributed by atoms with E-state index in [4.69, 9.17) is 0 Å². The average Bonchev–Trinajstić information content (AvgIpc) is 3.34. The summed E-state index contributed by atoms with van der Waals surface area (Å²) < 4.78 is 40.0. The molecule has 0 aliphatic heterocycles. The van der Waals surface area contributed by atoms with Gasteiger partial charge >= 0.3 is 6.18 Å². The number of carbonyl (C=O) groups excluding carboxylic acids is 2. The topological polar surface area (TPSA) is 102 Å². The molecule has 0 atom stereocenters. The third kappa shape index (κ3) is 5.03. The molecule has 4 aromatic rings. The Bertz CT molecular complexity index is 1310. The van der Waals surface area contributed by atoms with Crippen molar-refractivity contribution in [3.05, 3.63) is 96.2 Å². The van der Waals surface area contributed by atoms with Crippen LogP contribution in [0.25, 0.3) is 5.82 Å². The zero-order valence-corrected chi connectivity index (χ0v) is 16.7. The van der Waals surface area contributed by atoms with E-state index in [0.717, 1.165) is 12.1 Å². The lowest BCUT2D eigenvalue weighted by Gasteiger charge is -2.11. The number of hydrogen-bond donors (Lipinski definition) is 2. The van der Waals surface area contributed by atoms with Gasteiger partial charge in [-0.1, -0.05) is 12.1 Å². The molecule has 0 aliphatic rings. The highest BCUT2D eigenvalue weighted by Gasteiger charge is 2.30. The molecule has 2 aromatic carbocycles. The standard InChI is InChI=1S/C22H15F3N6O2/c23-22(24,25)15-5-2-7-17(11-15)29-20(32)14-4-1-6-16(10-14)30-21(33)18-8-3-9-27-19(18)31-13-26-12-28-31/h1-13H,(H,29,32)(H,30,33). The molecule has 0 aliphatic carbocycles. The molecule has 4 rings (SSSR count). The van der Waals surface area contributed by atoms with E-state index in [0.29, 0.717) is 5.69 Å². The Morgan fingerprint density at radius 1 is 0.879 bits per heavy atom. The van der Waals surface area contributed by atoms with Gasteiger partial charge in [-0.2, -0.15) is 18.3 Å². The lowest BCUT2D eigenvalue weighted by molar-refractivity contribution is -0.137. The van der Waals surface area contributed by atoms with Gasteiger partial charge in [0.15, 0.2) is 5.82 Å². The Kier molecular flexibility index (Phi) is 5.85. The predicted octanol–water partition coefficient (Wildman–Crippen LogP) is 4.19. The Morgan fingerprint density at radius 2 is 1.61 bits per heavy atom. The van der Waals surface area contributed by atoms with Crippen molar-refractivity contribution >= 4 is 23.2 Å². The van der Waals surface area contributed by atoms with Gasteiger partial charge in [-0.05, 0) is 48.5 Å². The maximum Gasteiger partial charge on any atom is 0.416 e. The van der Waals surface area contributed by atoms with Crippen LogP contribution in [0, 0.1) is 0 Å². The molecule has 0 unspecified atom stereocenters. The number of carbonyl (C=O) groups is 2. The highest BCUT2D eigenvalue weighted by Crippen LogP contribution is 2.30. The number of hydrogen-bond acceptors (Lipinski definition) is 5. The van der Waals surface area contributed by atoms with Crippen LogP contribution < -0.4 is 10.6 Å². The van der Waals surface area contributed by atoms with E-state index < -0.39 is 23.6 Å². The zero-order chi connectivity index (χ0) is 23.4. The quantitative estimate of drug-likeness (QED) is 0.473. The monoisotopic (exact) mass is 452 g/mol. The molecule has 0 spiro atoms.